The van der Waals surface area contributed by atoms with E-state index in [9.17, 15) is 4.79 Å². The van der Waals surface area contributed by atoms with Crippen molar-refractivity contribution in [1.82, 2.24) is 4.90 Å². The molecular weight excluding hydrogens is 262 g/mol. The minimum Gasteiger partial charge on any atom is -0.328 e. The summed E-state index contributed by atoms with van der Waals surface area (Å²) in [5, 5.41) is 2.97. The number of anilines is 1. The minimum absolute atomic E-state index is 0.0572. The summed E-state index contributed by atoms with van der Waals surface area (Å²) in [7, 11) is 0. The van der Waals surface area contributed by atoms with Gasteiger partial charge in [0, 0.05) is 24.8 Å². The first kappa shape index (κ1) is 16.0. The maximum Gasteiger partial charge on any atom is 0.238 e. The lowest BCUT2D eigenvalue weighted by Crippen LogP contribution is -2.43. The van der Waals surface area contributed by atoms with Gasteiger partial charge in [-0.05, 0) is 42.9 Å². The Morgan fingerprint density at radius 3 is 2.52 bits per heavy atom. The molecule has 0 radical (unpaired) electrons. The van der Waals surface area contributed by atoms with Crippen LogP contribution in [0.2, 0.25) is 0 Å². The first-order valence-electron chi connectivity index (χ1n) is 7.96. The number of carbonyl (C=O) groups is 1. The Labute approximate surface area is 127 Å². The maximum atomic E-state index is 12.1. The molecule has 116 valence electrons. The highest BCUT2D eigenvalue weighted by Gasteiger charge is 2.18. The summed E-state index contributed by atoms with van der Waals surface area (Å²) in [6.07, 6.45) is 3.09. The summed E-state index contributed by atoms with van der Waals surface area (Å²) in [5.41, 5.74) is 8.07. The number of nitrogens with one attached hydrogen (secondary N) is 1. The zero-order valence-electron chi connectivity index (χ0n) is 13.1. The third kappa shape index (κ3) is 4.83. The molecule has 1 saturated heterocycles. The quantitative estimate of drug-likeness (QED) is 0.876. The molecule has 0 bridgehead atoms. The Morgan fingerprint density at radius 1 is 1.33 bits per heavy atom. The van der Waals surface area contributed by atoms with Crippen LogP contribution in [0.5, 0.6) is 0 Å². The predicted octanol–water partition coefficient (Wildman–Crippen LogP) is 2.56. The SMILES string of the molecule is CCC(C)c1ccc(NC(=O)CN2CCC(N)CC2)cc1. The van der Waals surface area contributed by atoms with Crippen LogP contribution in [0.4, 0.5) is 5.69 Å². The molecule has 0 aliphatic carbocycles. The molecule has 1 aromatic carbocycles. The molecule has 1 amide bonds. The highest BCUT2D eigenvalue weighted by molar-refractivity contribution is 5.92. The number of rotatable bonds is 5. The maximum absolute atomic E-state index is 12.1. The van der Waals surface area contributed by atoms with E-state index in [2.05, 4.69) is 36.2 Å². The molecule has 4 heteroatoms. The Balaban J connectivity index is 1.82. The van der Waals surface area contributed by atoms with Gasteiger partial charge >= 0.3 is 0 Å². The van der Waals surface area contributed by atoms with Gasteiger partial charge in [-0.25, -0.2) is 0 Å². The van der Waals surface area contributed by atoms with Crippen molar-refractivity contribution in [3.05, 3.63) is 29.8 Å². The Hall–Kier alpha value is -1.39. The molecular formula is C17H27N3O. The van der Waals surface area contributed by atoms with Crippen LogP contribution in [0.25, 0.3) is 0 Å². The Morgan fingerprint density at radius 2 is 1.95 bits per heavy atom. The fraction of sp³-hybridized carbons (Fsp3) is 0.588. The smallest absolute Gasteiger partial charge is 0.238 e. The van der Waals surface area contributed by atoms with Gasteiger partial charge in [0.15, 0.2) is 0 Å². The molecule has 4 nitrogen and oxygen atoms in total. The van der Waals surface area contributed by atoms with E-state index in [1.807, 2.05) is 12.1 Å². The number of likely N-dealkylation sites (tertiary alicyclic amines) is 1. The molecule has 21 heavy (non-hydrogen) atoms. The zero-order chi connectivity index (χ0) is 15.2. The lowest BCUT2D eigenvalue weighted by Gasteiger charge is -2.29. The van der Waals surface area contributed by atoms with Crippen molar-refractivity contribution >= 4 is 11.6 Å². The third-order valence-corrected chi connectivity index (χ3v) is 4.38. The molecule has 1 aromatic rings. The monoisotopic (exact) mass is 289 g/mol. The number of nitrogens with two attached hydrogens (primary N) is 1. The molecule has 1 unspecified atom stereocenters. The topological polar surface area (TPSA) is 58.4 Å². The van der Waals surface area contributed by atoms with E-state index >= 15 is 0 Å². The van der Waals surface area contributed by atoms with Crippen molar-refractivity contribution in [3.63, 3.8) is 0 Å². The average Bonchev–Trinajstić information content (AvgIpc) is 2.49. The van der Waals surface area contributed by atoms with Crippen molar-refractivity contribution in [1.29, 1.82) is 0 Å². The van der Waals surface area contributed by atoms with Crippen molar-refractivity contribution in [2.24, 2.45) is 5.73 Å². The zero-order valence-corrected chi connectivity index (χ0v) is 13.1. The van der Waals surface area contributed by atoms with Crippen molar-refractivity contribution in [3.8, 4) is 0 Å². The second-order valence-electron chi connectivity index (χ2n) is 6.09. The van der Waals surface area contributed by atoms with Gasteiger partial charge in [-0.2, -0.15) is 0 Å². The molecule has 0 spiro atoms. The third-order valence-electron chi connectivity index (χ3n) is 4.38. The largest absolute Gasteiger partial charge is 0.328 e. The van der Waals surface area contributed by atoms with E-state index in [1.54, 1.807) is 0 Å². The summed E-state index contributed by atoms with van der Waals surface area (Å²) in [4.78, 5) is 14.2. The van der Waals surface area contributed by atoms with Gasteiger partial charge in [-0.1, -0.05) is 26.0 Å². The van der Waals surface area contributed by atoms with E-state index < -0.39 is 0 Å². The summed E-state index contributed by atoms with van der Waals surface area (Å²) in [5.74, 6) is 0.620. The van der Waals surface area contributed by atoms with Crippen LogP contribution in [-0.2, 0) is 4.79 Å². The number of piperidine rings is 1. The predicted molar refractivity (Wildman–Crippen MR) is 87.4 cm³/mol. The van der Waals surface area contributed by atoms with Crippen LogP contribution in [0, 0.1) is 0 Å². The highest BCUT2D eigenvalue weighted by atomic mass is 16.2. The molecule has 1 fully saturated rings. The second kappa shape index (κ2) is 7.57. The summed E-state index contributed by atoms with van der Waals surface area (Å²) in [6, 6.07) is 8.49. The summed E-state index contributed by atoms with van der Waals surface area (Å²) >= 11 is 0. The minimum atomic E-state index is 0.0572. The van der Waals surface area contributed by atoms with E-state index in [-0.39, 0.29) is 5.91 Å². The lowest BCUT2D eigenvalue weighted by atomic mass is 9.99. The van der Waals surface area contributed by atoms with Crippen LogP contribution < -0.4 is 11.1 Å². The molecule has 1 heterocycles. The molecule has 1 atom stereocenters. The summed E-state index contributed by atoms with van der Waals surface area (Å²) in [6.45, 7) is 6.70. The van der Waals surface area contributed by atoms with Gasteiger partial charge in [-0.15, -0.1) is 0 Å². The van der Waals surface area contributed by atoms with E-state index in [1.165, 1.54) is 5.56 Å². The standard InChI is InChI=1S/C17H27N3O/c1-3-13(2)14-4-6-16(7-5-14)19-17(21)12-20-10-8-15(18)9-11-20/h4-7,13,15H,3,8-12,18H2,1-2H3,(H,19,21). The number of hydrogen-bond acceptors (Lipinski definition) is 3. The fourth-order valence-corrected chi connectivity index (χ4v) is 2.65. The number of benzene rings is 1. The molecule has 0 aromatic heterocycles. The molecule has 0 saturated carbocycles. The Bertz CT molecular complexity index is 450. The lowest BCUT2D eigenvalue weighted by molar-refractivity contribution is -0.117. The van der Waals surface area contributed by atoms with Crippen molar-refractivity contribution in [2.45, 2.75) is 45.1 Å². The molecule has 1 aliphatic heterocycles. The van der Waals surface area contributed by atoms with E-state index in [4.69, 9.17) is 5.73 Å². The fourth-order valence-electron chi connectivity index (χ4n) is 2.65. The summed E-state index contributed by atoms with van der Waals surface area (Å²) < 4.78 is 0. The number of amides is 1. The first-order valence-corrected chi connectivity index (χ1v) is 7.96. The average molecular weight is 289 g/mol. The van der Waals surface area contributed by atoms with Crippen LogP contribution in [0.3, 0.4) is 0 Å². The van der Waals surface area contributed by atoms with Gasteiger partial charge in [0.2, 0.25) is 5.91 Å². The van der Waals surface area contributed by atoms with Gasteiger partial charge < -0.3 is 11.1 Å². The van der Waals surface area contributed by atoms with Crippen molar-refractivity contribution in [2.75, 3.05) is 25.0 Å². The van der Waals surface area contributed by atoms with Gasteiger partial charge in [-0.3, -0.25) is 9.69 Å². The van der Waals surface area contributed by atoms with Gasteiger partial charge in [0.25, 0.3) is 0 Å². The molecule has 2 rings (SSSR count). The normalized spacial score (nSPS) is 18.4. The molecule has 1 aliphatic rings. The second-order valence-corrected chi connectivity index (χ2v) is 6.09. The molecule has 3 N–H and O–H groups in total. The first-order chi connectivity index (χ1) is 10.1. The van der Waals surface area contributed by atoms with Crippen LogP contribution in [-0.4, -0.2) is 36.5 Å². The van der Waals surface area contributed by atoms with E-state index in [0.717, 1.165) is 38.0 Å². The van der Waals surface area contributed by atoms with Gasteiger partial charge in [0.05, 0.1) is 6.54 Å². The van der Waals surface area contributed by atoms with E-state index in [0.29, 0.717) is 18.5 Å². The van der Waals surface area contributed by atoms with Crippen LogP contribution in [0.1, 0.15) is 44.6 Å². The number of hydrogen-bond donors (Lipinski definition) is 2. The number of nitrogens with zero attached hydrogens (tertiary/aromatic N) is 1. The van der Waals surface area contributed by atoms with Crippen LogP contribution >= 0.6 is 0 Å². The van der Waals surface area contributed by atoms with Crippen molar-refractivity contribution < 1.29 is 4.79 Å². The van der Waals surface area contributed by atoms with Crippen LogP contribution in [0.15, 0.2) is 24.3 Å². The van der Waals surface area contributed by atoms with Gasteiger partial charge in [0.1, 0.15) is 0 Å². The highest BCUT2D eigenvalue weighted by Crippen LogP contribution is 2.20. The Kier molecular flexibility index (Phi) is 5.76. The number of carbonyl (C=O) groups excluding carboxylic acids is 1.